The maximum Gasteiger partial charge on any atom is 0.258 e. The molecule has 0 spiro atoms. The summed E-state index contributed by atoms with van der Waals surface area (Å²) in [5, 5.41) is 7.78. The van der Waals surface area contributed by atoms with Gasteiger partial charge in [-0.2, -0.15) is 0 Å². The number of para-hydroxylation sites is 1. The summed E-state index contributed by atoms with van der Waals surface area (Å²) in [7, 11) is 0. The van der Waals surface area contributed by atoms with E-state index < -0.39 is 0 Å². The molecule has 2 heterocycles. The number of pyridine rings is 1. The monoisotopic (exact) mass is 356 g/mol. The summed E-state index contributed by atoms with van der Waals surface area (Å²) in [6.07, 6.45) is 3.29. The highest BCUT2D eigenvalue weighted by Crippen LogP contribution is 2.22. The predicted octanol–water partition coefficient (Wildman–Crippen LogP) is 3.88. The van der Waals surface area contributed by atoms with Gasteiger partial charge in [-0.05, 0) is 32.0 Å². The van der Waals surface area contributed by atoms with Gasteiger partial charge in [-0.3, -0.25) is 4.79 Å². The third-order valence-corrected chi connectivity index (χ3v) is 3.84. The molecule has 3 aromatic rings. The molecule has 0 radical (unpaired) electrons. The molecule has 6 nitrogen and oxygen atoms in total. The van der Waals surface area contributed by atoms with E-state index in [0.29, 0.717) is 28.9 Å². The van der Waals surface area contributed by atoms with Gasteiger partial charge in [-0.15, -0.1) is 5.10 Å². The van der Waals surface area contributed by atoms with Gasteiger partial charge >= 0.3 is 0 Å². The van der Waals surface area contributed by atoms with E-state index in [9.17, 15) is 4.79 Å². The summed E-state index contributed by atoms with van der Waals surface area (Å²) < 4.78 is 6.91. The largest absolute Gasteiger partial charge is 0.478 e. The van der Waals surface area contributed by atoms with E-state index >= 15 is 0 Å². The van der Waals surface area contributed by atoms with Gasteiger partial charge in [-0.1, -0.05) is 23.7 Å². The number of aryl methyl sites for hydroxylation is 1. The fraction of sp³-hybridized carbons (Fsp3) is 0.167. The van der Waals surface area contributed by atoms with Gasteiger partial charge in [0.05, 0.1) is 22.9 Å². The number of amides is 1. The predicted molar refractivity (Wildman–Crippen MR) is 96.7 cm³/mol. The van der Waals surface area contributed by atoms with E-state index in [0.717, 1.165) is 11.3 Å². The fourth-order valence-electron chi connectivity index (χ4n) is 2.27. The Labute approximate surface area is 150 Å². The van der Waals surface area contributed by atoms with Crippen LogP contribution in [-0.2, 0) is 0 Å². The molecule has 0 aliphatic carbocycles. The van der Waals surface area contributed by atoms with Crippen molar-refractivity contribution in [2.45, 2.75) is 13.8 Å². The number of halogens is 1. The standard InChI is InChI=1S/C18H17ClN4O2/c1-3-25-16-9-8-13(10-20-16)18(24)21-17-12(2)11-23(22-17)15-7-5-4-6-14(15)19/h4-11H,3H2,1-2H3,(H,21,22,24). The second kappa shape index (κ2) is 7.36. The number of hydrogen-bond acceptors (Lipinski definition) is 4. The molecule has 1 aromatic carbocycles. The Hall–Kier alpha value is -2.86. The topological polar surface area (TPSA) is 69.0 Å². The first kappa shape index (κ1) is 17.0. The van der Waals surface area contributed by atoms with Crippen molar-refractivity contribution in [1.82, 2.24) is 14.8 Å². The summed E-state index contributed by atoms with van der Waals surface area (Å²) in [5.74, 6) is 0.667. The number of nitrogens with one attached hydrogen (secondary N) is 1. The van der Waals surface area contributed by atoms with Gasteiger partial charge < -0.3 is 10.1 Å². The molecule has 3 rings (SSSR count). The van der Waals surface area contributed by atoms with Crippen molar-refractivity contribution in [2.75, 3.05) is 11.9 Å². The minimum absolute atomic E-state index is 0.289. The number of benzene rings is 1. The average molecular weight is 357 g/mol. The van der Waals surface area contributed by atoms with Gasteiger partial charge in [0.25, 0.3) is 5.91 Å². The fourth-order valence-corrected chi connectivity index (χ4v) is 2.49. The summed E-state index contributed by atoms with van der Waals surface area (Å²) in [5.41, 5.74) is 2.00. The first-order valence-corrected chi connectivity index (χ1v) is 8.17. The number of anilines is 1. The van der Waals surface area contributed by atoms with Crippen LogP contribution in [0.5, 0.6) is 5.88 Å². The normalized spacial score (nSPS) is 10.5. The van der Waals surface area contributed by atoms with Gasteiger partial charge in [0.15, 0.2) is 5.82 Å². The molecule has 0 aliphatic heterocycles. The van der Waals surface area contributed by atoms with Crippen LogP contribution in [0.3, 0.4) is 0 Å². The number of rotatable bonds is 5. The van der Waals surface area contributed by atoms with E-state index in [-0.39, 0.29) is 5.91 Å². The SMILES string of the molecule is CCOc1ccc(C(=O)Nc2nn(-c3ccccc3Cl)cc2C)cn1. The zero-order valence-electron chi connectivity index (χ0n) is 13.9. The number of aromatic nitrogens is 3. The van der Waals surface area contributed by atoms with Crippen molar-refractivity contribution in [3.8, 4) is 11.6 Å². The summed E-state index contributed by atoms with van der Waals surface area (Å²) in [4.78, 5) is 16.5. The second-order valence-electron chi connectivity index (χ2n) is 5.33. The van der Waals surface area contributed by atoms with Crippen molar-refractivity contribution >= 4 is 23.3 Å². The van der Waals surface area contributed by atoms with Crippen LogP contribution in [-0.4, -0.2) is 27.3 Å². The maximum atomic E-state index is 12.4. The van der Waals surface area contributed by atoms with E-state index in [1.807, 2.05) is 38.2 Å². The average Bonchev–Trinajstić information content (AvgIpc) is 2.96. The van der Waals surface area contributed by atoms with Gasteiger partial charge in [0.2, 0.25) is 5.88 Å². The third-order valence-electron chi connectivity index (χ3n) is 3.52. The Morgan fingerprint density at radius 2 is 2.08 bits per heavy atom. The lowest BCUT2D eigenvalue weighted by Crippen LogP contribution is -2.13. The molecule has 128 valence electrons. The van der Waals surface area contributed by atoms with E-state index in [4.69, 9.17) is 16.3 Å². The molecule has 0 saturated carbocycles. The Kier molecular flexibility index (Phi) is 5.00. The van der Waals surface area contributed by atoms with Crippen molar-refractivity contribution < 1.29 is 9.53 Å². The van der Waals surface area contributed by atoms with Crippen molar-refractivity contribution in [1.29, 1.82) is 0 Å². The van der Waals surface area contributed by atoms with E-state index in [1.54, 1.807) is 22.9 Å². The Morgan fingerprint density at radius 1 is 1.28 bits per heavy atom. The summed E-state index contributed by atoms with van der Waals surface area (Å²) >= 11 is 6.19. The molecule has 0 bridgehead atoms. The van der Waals surface area contributed by atoms with Crippen molar-refractivity contribution in [3.05, 3.63) is 64.9 Å². The van der Waals surface area contributed by atoms with Crippen molar-refractivity contribution in [3.63, 3.8) is 0 Å². The first-order chi connectivity index (χ1) is 12.1. The number of carbonyl (C=O) groups excluding carboxylic acids is 1. The molecule has 0 saturated heterocycles. The number of carbonyl (C=O) groups is 1. The van der Waals surface area contributed by atoms with Crippen LogP contribution < -0.4 is 10.1 Å². The van der Waals surface area contributed by atoms with E-state index in [2.05, 4.69) is 15.4 Å². The molecule has 1 N–H and O–H groups in total. The Bertz CT molecular complexity index is 890. The van der Waals surface area contributed by atoms with Crippen LogP contribution in [0.25, 0.3) is 5.69 Å². The summed E-state index contributed by atoms with van der Waals surface area (Å²) in [6, 6.07) is 10.7. The highest BCUT2D eigenvalue weighted by atomic mass is 35.5. The lowest BCUT2D eigenvalue weighted by Gasteiger charge is -2.05. The Balaban J connectivity index is 1.79. The van der Waals surface area contributed by atoms with E-state index in [1.165, 1.54) is 6.20 Å². The maximum absolute atomic E-state index is 12.4. The molecule has 7 heteroatoms. The number of hydrogen-bond donors (Lipinski definition) is 1. The first-order valence-electron chi connectivity index (χ1n) is 7.80. The zero-order chi connectivity index (χ0) is 17.8. The van der Waals surface area contributed by atoms with Gasteiger partial charge in [0, 0.05) is 24.0 Å². The minimum atomic E-state index is -0.289. The number of nitrogens with zero attached hydrogens (tertiary/aromatic N) is 3. The smallest absolute Gasteiger partial charge is 0.258 e. The molecule has 25 heavy (non-hydrogen) atoms. The number of ether oxygens (including phenoxy) is 1. The van der Waals surface area contributed by atoms with Crippen LogP contribution >= 0.6 is 11.6 Å². The molecule has 0 aliphatic rings. The summed E-state index contributed by atoms with van der Waals surface area (Å²) in [6.45, 7) is 4.27. The molecule has 1 amide bonds. The molecule has 2 aromatic heterocycles. The van der Waals surface area contributed by atoms with Gasteiger partial charge in [0.1, 0.15) is 0 Å². The lowest BCUT2D eigenvalue weighted by atomic mass is 10.2. The Morgan fingerprint density at radius 3 is 2.76 bits per heavy atom. The van der Waals surface area contributed by atoms with Crippen LogP contribution in [0.15, 0.2) is 48.8 Å². The molecular weight excluding hydrogens is 340 g/mol. The minimum Gasteiger partial charge on any atom is -0.478 e. The molecule has 0 fully saturated rings. The molecule has 0 unspecified atom stereocenters. The lowest BCUT2D eigenvalue weighted by molar-refractivity contribution is 0.102. The molecular formula is C18H17ClN4O2. The molecule has 0 atom stereocenters. The zero-order valence-corrected chi connectivity index (χ0v) is 14.6. The van der Waals surface area contributed by atoms with Crippen LogP contribution in [0.2, 0.25) is 5.02 Å². The van der Waals surface area contributed by atoms with Crippen LogP contribution in [0.1, 0.15) is 22.8 Å². The quantitative estimate of drug-likeness (QED) is 0.753. The second-order valence-corrected chi connectivity index (χ2v) is 5.74. The van der Waals surface area contributed by atoms with Crippen LogP contribution in [0, 0.1) is 6.92 Å². The highest BCUT2D eigenvalue weighted by Gasteiger charge is 2.13. The van der Waals surface area contributed by atoms with Gasteiger partial charge in [-0.25, -0.2) is 9.67 Å². The van der Waals surface area contributed by atoms with Crippen LogP contribution in [0.4, 0.5) is 5.82 Å². The van der Waals surface area contributed by atoms with Crippen molar-refractivity contribution in [2.24, 2.45) is 0 Å². The highest BCUT2D eigenvalue weighted by molar-refractivity contribution is 6.32. The third kappa shape index (κ3) is 3.80.